The Morgan fingerprint density at radius 1 is 1.39 bits per heavy atom. The summed E-state index contributed by atoms with van der Waals surface area (Å²) in [6.07, 6.45) is 0. The number of aliphatic carboxylic acids is 1. The molecule has 0 bridgehead atoms. The van der Waals surface area contributed by atoms with E-state index in [9.17, 15) is 9.59 Å². The maximum atomic E-state index is 11.8. The zero-order chi connectivity index (χ0) is 13.7. The predicted molar refractivity (Wildman–Crippen MR) is 77.6 cm³/mol. The van der Waals surface area contributed by atoms with Gasteiger partial charge in [0.1, 0.15) is 0 Å². The van der Waals surface area contributed by atoms with Gasteiger partial charge in [-0.15, -0.1) is 0 Å². The van der Waals surface area contributed by atoms with Crippen LogP contribution in [0.5, 0.6) is 0 Å². The Hall–Kier alpha value is -1.31. The first-order valence-electron chi connectivity index (χ1n) is 5.40. The largest absolute Gasteiger partial charge is 0.481 e. The zero-order valence-electron chi connectivity index (χ0n) is 10.2. The number of amides is 2. The fourth-order valence-corrected chi connectivity index (χ4v) is 1.68. The van der Waals surface area contributed by atoms with E-state index in [0.29, 0.717) is 5.69 Å². The lowest BCUT2D eigenvalue weighted by atomic mass is 10.2. The number of hydrogen-bond donors (Lipinski definition) is 2. The van der Waals surface area contributed by atoms with Crippen molar-refractivity contribution < 1.29 is 14.7 Å². The van der Waals surface area contributed by atoms with Gasteiger partial charge in [-0.2, -0.15) is 0 Å². The average molecular weight is 362 g/mol. The molecule has 0 heterocycles. The lowest BCUT2D eigenvalue weighted by molar-refractivity contribution is -0.141. The van der Waals surface area contributed by atoms with E-state index in [1.54, 1.807) is 26.1 Å². The molecule has 0 spiro atoms. The summed E-state index contributed by atoms with van der Waals surface area (Å²) in [5.74, 6) is -1.50. The number of hydrogen-bond acceptors (Lipinski definition) is 2. The van der Waals surface area contributed by atoms with E-state index < -0.39 is 11.9 Å². The molecule has 0 radical (unpaired) electrons. The van der Waals surface area contributed by atoms with E-state index in [2.05, 4.69) is 27.9 Å². The van der Waals surface area contributed by atoms with Crippen molar-refractivity contribution in [3.63, 3.8) is 0 Å². The molecule has 1 atom stereocenters. The molecule has 2 amide bonds. The van der Waals surface area contributed by atoms with Crippen LogP contribution in [0.3, 0.4) is 0 Å². The molecule has 0 saturated carbocycles. The maximum Gasteiger partial charge on any atom is 0.321 e. The van der Waals surface area contributed by atoms with Crippen LogP contribution in [-0.2, 0) is 4.79 Å². The normalized spacial score (nSPS) is 11.7. The number of rotatable bonds is 4. The molecule has 1 unspecified atom stereocenters. The number of urea groups is 1. The number of nitrogens with one attached hydrogen (secondary N) is 1. The Balaban J connectivity index is 2.54. The number of benzene rings is 1. The molecular weight excluding hydrogens is 347 g/mol. The van der Waals surface area contributed by atoms with Gasteiger partial charge in [0.2, 0.25) is 0 Å². The second-order valence-electron chi connectivity index (χ2n) is 4.06. The molecule has 6 heteroatoms. The average Bonchev–Trinajstić information content (AvgIpc) is 2.31. The Labute approximate surface area is 119 Å². The van der Waals surface area contributed by atoms with Gasteiger partial charge in [0, 0.05) is 22.8 Å². The van der Waals surface area contributed by atoms with E-state index in [1.807, 2.05) is 12.1 Å². The van der Waals surface area contributed by atoms with Crippen LogP contribution >= 0.6 is 22.6 Å². The highest BCUT2D eigenvalue weighted by Crippen LogP contribution is 2.11. The summed E-state index contributed by atoms with van der Waals surface area (Å²) < 4.78 is 1.08. The molecule has 0 aliphatic heterocycles. The minimum Gasteiger partial charge on any atom is -0.481 e. The number of carboxylic acid groups (broad SMARTS) is 1. The van der Waals surface area contributed by atoms with Gasteiger partial charge < -0.3 is 15.3 Å². The third-order valence-electron chi connectivity index (χ3n) is 2.41. The highest BCUT2D eigenvalue weighted by Gasteiger charge is 2.17. The van der Waals surface area contributed by atoms with Crippen molar-refractivity contribution >= 4 is 40.3 Å². The van der Waals surface area contributed by atoms with Crippen LogP contribution in [0, 0.1) is 9.49 Å². The monoisotopic (exact) mass is 362 g/mol. The van der Waals surface area contributed by atoms with Gasteiger partial charge in [-0.3, -0.25) is 4.79 Å². The van der Waals surface area contributed by atoms with Crippen LogP contribution in [0.2, 0.25) is 0 Å². The summed E-state index contributed by atoms with van der Waals surface area (Å²) in [4.78, 5) is 23.8. The van der Waals surface area contributed by atoms with Crippen molar-refractivity contribution in [1.29, 1.82) is 0 Å². The number of nitrogens with zero attached hydrogens (tertiary/aromatic N) is 1. The molecule has 2 N–H and O–H groups in total. The van der Waals surface area contributed by atoms with E-state index in [4.69, 9.17) is 5.11 Å². The van der Waals surface area contributed by atoms with Crippen molar-refractivity contribution in [2.75, 3.05) is 18.9 Å². The van der Waals surface area contributed by atoms with Gasteiger partial charge in [-0.25, -0.2) is 4.79 Å². The first kappa shape index (κ1) is 14.7. The molecule has 0 aromatic heterocycles. The summed E-state index contributed by atoms with van der Waals surface area (Å²) in [5, 5.41) is 11.5. The number of carbonyl (C=O) groups is 2. The van der Waals surface area contributed by atoms with Gasteiger partial charge in [0.05, 0.1) is 5.92 Å². The second kappa shape index (κ2) is 6.58. The minimum absolute atomic E-state index is 0.172. The first-order valence-corrected chi connectivity index (χ1v) is 6.48. The molecule has 5 nitrogen and oxygen atoms in total. The van der Waals surface area contributed by atoms with Gasteiger partial charge in [0.15, 0.2) is 0 Å². The SMILES string of the molecule is CC(CN(C)C(=O)Nc1ccc(I)cc1)C(=O)O. The van der Waals surface area contributed by atoms with Gasteiger partial charge in [-0.1, -0.05) is 6.92 Å². The summed E-state index contributed by atoms with van der Waals surface area (Å²) in [6, 6.07) is 7.05. The summed E-state index contributed by atoms with van der Waals surface area (Å²) in [6.45, 7) is 1.74. The van der Waals surface area contributed by atoms with E-state index in [0.717, 1.165) is 3.57 Å². The Morgan fingerprint density at radius 3 is 2.44 bits per heavy atom. The zero-order valence-corrected chi connectivity index (χ0v) is 12.3. The van der Waals surface area contributed by atoms with Gasteiger partial charge in [-0.05, 0) is 46.9 Å². The molecule has 0 aliphatic rings. The van der Waals surface area contributed by atoms with Crippen molar-refractivity contribution in [1.82, 2.24) is 4.90 Å². The van der Waals surface area contributed by atoms with Crippen LogP contribution < -0.4 is 5.32 Å². The maximum absolute atomic E-state index is 11.8. The Morgan fingerprint density at radius 2 is 1.94 bits per heavy atom. The van der Waals surface area contributed by atoms with E-state index in [1.165, 1.54) is 4.90 Å². The minimum atomic E-state index is -0.913. The molecule has 1 aromatic carbocycles. The molecular formula is C12H15IN2O3. The quantitative estimate of drug-likeness (QED) is 0.809. The number of anilines is 1. The summed E-state index contributed by atoms with van der Waals surface area (Å²) >= 11 is 2.18. The molecule has 1 rings (SSSR count). The van der Waals surface area contributed by atoms with Crippen LogP contribution in [-0.4, -0.2) is 35.6 Å². The van der Waals surface area contributed by atoms with Crippen LogP contribution in [0.1, 0.15) is 6.92 Å². The van der Waals surface area contributed by atoms with Crippen LogP contribution in [0.4, 0.5) is 10.5 Å². The standard InChI is InChI=1S/C12H15IN2O3/c1-8(11(16)17)7-15(2)12(18)14-10-5-3-9(13)4-6-10/h3-6,8H,7H2,1-2H3,(H,14,18)(H,16,17). The third kappa shape index (κ3) is 4.52. The number of halogens is 1. The third-order valence-corrected chi connectivity index (χ3v) is 3.13. The number of carboxylic acids is 1. The highest BCUT2D eigenvalue weighted by atomic mass is 127. The predicted octanol–water partition coefficient (Wildman–Crippen LogP) is 2.48. The van der Waals surface area contributed by atoms with Crippen LogP contribution in [0.15, 0.2) is 24.3 Å². The van der Waals surface area contributed by atoms with Crippen molar-refractivity contribution in [2.45, 2.75) is 6.92 Å². The Kier molecular flexibility index (Phi) is 5.39. The summed E-state index contributed by atoms with van der Waals surface area (Å²) in [7, 11) is 1.57. The summed E-state index contributed by atoms with van der Waals surface area (Å²) in [5.41, 5.74) is 0.690. The molecule has 18 heavy (non-hydrogen) atoms. The Bertz CT molecular complexity index is 433. The highest BCUT2D eigenvalue weighted by molar-refractivity contribution is 14.1. The molecule has 0 saturated heterocycles. The topological polar surface area (TPSA) is 69.6 Å². The molecule has 0 fully saturated rings. The van der Waals surface area contributed by atoms with Crippen molar-refractivity contribution in [3.8, 4) is 0 Å². The smallest absolute Gasteiger partial charge is 0.321 e. The fraction of sp³-hybridized carbons (Fsp3) is 0.333. The van der Waals surface area contributed by atoms with E-state index >= 15 is 0 Å². The first-order chi connectivity index (χ1) is 8.40. The lowest BCUT2D eigenvalue weighted by Crippen LogP contribution is -2.36. The lowest BCUT2D eigenvalue weighted by Gasteiger charge is -2.20. The second-order valence-corrected chi connectivity index (χ2v) is 5.30. The van der Waals surface area contributed by atoms with Gasteiger partial charge in [0.25, 0.3) is 0 Å². The van der Waals surface area contributed by atoms with Crippen LogP contribution in [0.25, 0.3) is 0 Å². The van der Waals surface area contributed by atoms with Crippen molar-refractivity contribution in [2.24, 2.45) is 5.92 Å². The fourth-order valence-electron chi connectivity index (χ4n) is 1.32. The molecule has 1 aromatic rings. The van der Waals surface area contributed by atoms with Crippen molar-refractivity contribution in [3.05, 3.63) is 27.8 Å². The molecule has 98 valence electrons. The van der Waals surface area contributed by atoms with E-state index in [-0.39, 0.29) is 12.6 Å². The number of carbonyl (C=O) groups excluding carboxylic acids is 1. The van der Waals surface area contributed by atoms with Gasteiger partial charge >= 0.3 is 12.0 Å². The molecule has 0 aliphatic carbocycles.